The van der Waals surface area contributed by atoms with E-state index in [1.54, 1.807) is 0 Å². The van der Waals surface area contributed by atoms with Gasteiger partial charge in [0.2, 0.25) is 5.88 Å². The van der Waals surface area contributed by atoms with Gasteiger partial charge in [-0.25, -0.2) is 0 Å². The summed E-state index contributed by atoms with van der Waals surface area (Å²) < 4.78 is 5.83. The van der Waals surface area contributed by atoms with Crippen molar-refractivity contribution in [2.75, 3.05) is 19.7 Å². The highest BCUT2D eigenvalue weighted by molar-refractivity contribution is 5.96. The van der Waals surface area contributed by atoms with Crippen LogP contribution in [0, 0.1) is 19.8 Å². The molecule has 1 amide bonds. The minimum atomic E-state index is -0.0173. The van der Waals surface area contributed by atoms with E-state index in [0.717, 1.165) is 43.0 Å². The first-order valence-electron chi connectivity index (χ1n) is 9.53. The minimum Gasteiger partial charge on any atom is -0.476 e. The smallest absolute Gasteiger partial charge is 0.257 e. The van der Waals surface area contributed by atoms with E-state index < -0.39 is 0 Å². The molecule has 146 valence electrons. The molecule has 0 unspecified atom stereocenters. The van der Waals surface area contributed by atoms with E-state index in [9.17, 15) is 4.79 Å². The van der Waals surface area contributed by atoms with Crippen molar-refractivity contribution in [3.05, 3.63) is 34.8 Å². The molecular formula is C20H29N5O2. The molecule has 1 aliphatic rings. The van der Waals surface area contributed by atoms with Crippen LogP contribution in [0.5, 0.6) is 5.88 Å². The number of H-pyrrole nitrogens is 1. The molecule has 0 spiro atoms. The number of aromatic amines is 1. The van der Waals surface area contributed by atoms with Gasteiger partial charge in [-0.15, -0.1) is 5.10 Å². The van der Waals surface area contributed by atoms with Crippen LogP contribution < -0.4 is 4.74 Å². The van der Waals surface area contributed by atoms with Gasteiger partial charge in [-0.1, -0.05) is 20.8 Å². The molecule has 7 heteroatoms. The Labute approximate surface area is 160 Å². The number of carbonyl (C=O) groups is 1. The molecular weight excluding hydrogens is 342 g/mol. The summed E-state index contributed by atoms with van der Waals surface area (Å²) in [6, 6.07) is 3.86. The van der Waals surface area contributed by atoms with Crippen LogP contribution in [0.4, 0.5) is 0 Å². The molecule has 1 saturated heterocycles. The van der Waals surface area contributed by atoms with Gasteiger partial charge in [0.25, 0.3) is 5.91 Å². The maximum Gasteiger partial charge on any atom is 0.257 e. The highest BCUT2D eigenvalue weighted by Gasteiger charge is 2.27. The van der Waals surface area contributed by atoms with E-state index in [1.807, 2.05) is 30.9 Å². The van der Waals surface area contributed by atoms with Crippen LogP contribution in [0.2, 0.25) is 0 Å². The number of nitrogens with zero attached hydrogens (tertiary/aromatic N) is 4. The van der Waals surface area contributed by atoms with Gasteiger partial charge >= 0.3 is 0 Å². The molecule has 0 aliphatic carbocycles. The Balaban J connectivity index is 1.49. The fourth-order valence-electron chi connectivity index (χ4n) is 3.33. The van der Waals surface area contributed by atoms with Crippen molar-refractivity contribution in [2.24, 2.45) is 5.92 Å². The quantitative estimate of drug-likeness (QED) is 0.893. The van der Waals surface area contributed by atoms with E-state index in [2.05, 4.69) is 41.2 Å². The molecule has 7 nitrogen and oxygen atoms in total. The summed E-state index contributed by atoms with van der Waals surface area (Å²) in [5, 5.41) is 15.4. The molecule has 0 aromatic carbocycles. The number of nitrogens with one attached hydrogen (secondary N) is 1. The Bertz CT molecular complexity index is 764. The number of aryl methyl sites for hydroxylation is 2. The molecule has 2 aromatic heterocycles. The summed E-state index contributed by atoms with van der Waals surface area (Å²) in [7, 11) is 0. The zero-order chi connectivity index (χ0) is 19.6. The van der Waals surface area contributed by atoms with Gasteiger partial charge in [0.15, 0.2) is 0 Å². The van der Waals surface area contributed by atoms with Crippen molar-refractivity contribution < 1.29 is 9.53 Å². The number of aromatic nitrogens is 4. The Hall–Kier alpha value is -2.44. The molecule has 0 bridgehead atoms. The van der Waals surface area contributed by atoms with E-state index >= 15 is 0 Å². The lowest BCUT2D eigenvalue weighted by Crippen LogP contribution is -2.40. The third-order valence-electron chi connectivity index (χ3n) is 5.12. The largest absolute Gasteiger partial charge is 0.476 e. The van der Waals surface area contributed by atoms with Crippen LogP contribution in [-0.2, 0) is 5.41 Å². The maximum absolute atomic E-state index is 12.7. The molecule has 27 heavy (non-hydrogen) atoms. The Kier molecular flexibility index (Phi) is 5.48. The first-order valence-corrected chi connectivity index (χ1v) is 9.53. The van der Waals surface area contributed by atoms with Crippen molar-refractivity contribution in [3.63, 3.8) is 0 Å². The van der Waals surface area contributed by atoms with Gasteiger partial charge in [-0.3, -0.25) is 9.89 Å². The third kappa shape index (κ3) is 4.46. The van der Waals surface area contributed by atoms with Crippen molar-refractivity contribution in [3.8, 4) is 5.88 Å². The second kappa shape index (κ2) is 7.66. The lowest BCUT2D eigenvalue weighted by Gasteiger charge is -2.31. The predicted octanol–water partition coefficient (Wildman–Crippen LogP) is 3.05. The standard InChI is InChI=1S/C20H29N5O2/c1-13-18(14(2)22-21-13)19(26)25-10-8-15(9-11-25)12-27-17-7-6-16(23-24-17)20(3,4)5/h6-7,15H,8-12H2,1-5H3,(H,21,22). The van der Waals surface area contributed by atoms with Crippen molar-refractivity contribution in [2.45, 2.75) is 52.9 Å². The number of hydrogen-bond donors (Lipinski definition) is 1. The topological polar surface area (TPSA) is 84.0 Å². The molecule has 0 atom stereocenters. The molecule has 3 heterocycles. The molecule has 1 fully saturated rings. The van der Waals surface area contributed by atoms with Gasteiger partial charge in [-0.05, 0) is 38.7 Å². The number of hydrogen-bond acceptors (Lipinski definition) is 5. The highest BCUT2D eigenvalue weighted by atomic mass is 16.5. The Morgan fingerprint density at radius 2 is 1.93 bits per heavy atom. The molecule has 0 radical (unpaired) electrons. The molecule has 0 saturated carbocycles. The summed E-state index contributed by atoms with van der Waals surface area (Å²) in [5.74, 6) is 1.05. The van der Waals surface area contributed by atoms with Gasteiger partial charge in [0.05, 0.1) is 23.6 Å². The minimum absolute atomic E-state index is 0.0173. The number of amides is 1. The van der Waals surface area contributed by atoms with Crippen molar-refractivity contribution in [1.82, 2.24) is 25.3 Å². The van der Waals surface area contributed by atoms with Gasteiger partial charge < -0.3 is 9.64 Å². The maximum atomic E-state index is 12.7. The zero-order valence-electron chi connectivity index (χ0n) is 16.9. The second-order valence-electron chi connectivity index (χ2n) is 8.36. The average Bonchev–Trinajstić information content (AvgIpc) is 2.98. The highest BCUT2D eigenvalue weighted by Crippen LogP contribution is 2.23. The van der Waals surface area contributed by atoms with Crippen LogP contribution in [0.1, 0.15) is 61.1 Å². The van der Waals surface area contributed by atoms with E-state index in [1.165, 1.54) is 0 Å². The lowest BCUT2D eigenvalue weighted by molar-refractivity contribution is 0.0657. The van der Waals surface area contributed by atoms with E-state index in [-0.39, 0.29) is 11.3 Å². The van der Waals surface area contributed by atoms with Crippen molar-refractivity contribution >= 4 is 5.91 Å². The monoisotopic (exact) mass is 371 g/mol. The Morgan fingerprint density at radius 3 is 2.44 bits per heavy atom. The van der Waals surface area contributed by atoms with Gasteiger partial charge in [-0.2, -0.15) is 10.2 Å². The molecule has 1 N–H and O–H groups in total. The van der Waals surface area contributed by atoms with Crippen LogP contribution in [0.25, 0.3) is 0 Å². The zero-order valence-corrected chi connectivity index (χ0v) is 16.9. The van der Waals surface area contributed by atoms with E-state index in [0.29, 0.717) is 24.0 Å². The number of ether oxygens (including phenoxy) is 1. The van der Waals surface area contributed by atoms with Crippen LogP contribution in [-0.4, -0.2) is 50.9 Å². The van der Waals surface area contributed by atoms with Gasteiger partial charge in [0, 0.05) is 30.3 Å². The van der Waals surface area contributed by atoms with Crippen molar-refractivity contribution in [1.29, 1.82) is 0 Å². The lowest BCUT2D eigenvalue weighted by atomic mass is 9.92. The average molecular weight is 371 g/mol. The van der Waals surface area contributed by atoms with Crippen LogP contribution in [0.15, 0.2) is 12.1 Å². The summed E-state index contributed by atoms with van der Waals surface area (Å²) in [6.07, 6.45) is 1.85. The first-order chi connectivity index (χ1) is 12.8. The van der Waals surface area contributed by atoms with Gasteiger partial charge in [0.1, 0.15) is 0 Å². The molecule has 1 aliphatic heterocycles. The number of piperidine rings is 1. The summed E-state index contributed by atoms with van der Waals surface area (Å²) in [4.78, 5) is 14.6. The van der Waals surface area contributed by atoms with Crippen LogP contribution in [0.3, 0.4) is 0 Å². The predicted molar refractivity (Wildman–Crippen MR) is 103 cm³/mol. The van der Waals surface area contributed by atoms with E-state index in [4.69, 9.17) is 4.74 Å². The fraction of sp³-hybridized carbons (Fsp3) is 0.600. The van der Waals surface area contributed by atoms with Crippen LogP contribution >= 0.6 is 0 Å². The number of likely N-dealkylation sites (tertiary alicyclic amines) is 1. The fourth-order valence-corrected chi connectivity index (χ4v) is 3.33. The number of carbonyl (C=O) groups excluding carboxylic acids is 1. The third-order valence-corrected chi connectivity index (χ3v) is 5.12. The Morgan fingerprint density at radius 1 is 1.22 bits per heavy atom. The normalized spacial score (nSPS) is 15.8. The summed E-state index contributed by atoms with van der Waals surface area (Å²) in [5.41, 5.74) is 3.24. The number of rotatable bonds is 4. The summed E-state index contributed by atoms with van der Waals surface area (Å²) >= 11 is 0. The SMILES string of the molecule is Cc1n[nH]c(C)c1C(=O)N1CCC(COc2ccc(C(C)(C)C)nn2)CC1. The second-order valence-corrected chi connectivity index (χ2v) is 8.36. The summed E-state index contributed by atoms with van der Waals surface area (Å²) in [6.45, 7) is 12.2. The molecule has 3 rings (SSSR count). The molecule has 2 aromatic rings. The first kappa shape index (κ1) is 19.3.